The van der Waals surface area contributed by atoms with Gasteiger partial charge in [0.1, 0.15) is 0 Å². The summed E-state index contributed by atoms with van der Waals surface area (Å²) in [7, 11) is 1.37. The molecule has 0 aliphatic carbocycles. The minimum absolute atomic E-state index is 0.306. The van der Waals surface area contributed by atoms with Crippen LogP contribution in [0.5, 0.6) is 0 Å². The molecule has 0 saturated carbocycles. The highest BCUT2D eigenvalue weighted by Crippen LogP contribution is 2.27. The molecule has 0 saturated heterocycles. The van der Waals surface area contributed by atoms with E-state index in [1.807, 2.05) is 6.07 Å². The number of carbonyl (C=O) groups excluding carboxylic acids is 1. The van der Waals surface area contributed by atoms with E-state index < -0.39 is 5.97 Å². The van der Waals surface area contributed by atoms with E-state index in [2.05, 4.69) is 34.7 Å². The Balaban J connectivity index is 1.80. The number of furan rings is 1. The van der Waals surface area contributed by atoms with E-state index >= 15 is 0 Å². The van der Waals surface area contributed by atoms with Crippen LogP contribution >= 0.6 is 0 Å². The molecule has 5 nitrogen and oxygen atoms in total. The maximum absolute atomic E-state index is 11.6. The van der Waals surface area contributed by atoms with Crippen LogP contribution in [-0.4, -0.2) is 29.1 Å². The average molecular weight is 274 g/mol. The van der Waals surface area contributed by atoms with Crippen molar-refractivity contribution < 1.29 is 13.9 Å². The fourth-order valence-electron chi connectivity index (χ4n) is 2.79. The first-order valence-electron chi connectivity index (χ1n) is 6.74. The number of methoxy groups -OCH3 is 1. The smallest absolute Gasteiger partial charge is 0.374 e. The molecule has 1 aliphatic rings. The lowest BCUT2D eigenvalue weighted by Gasteiger charge is -2.34. The third-order valence-electron chi connectivity index (χ3n) is 3.96. The Kier molecular flexibility index (Phi) is 3.36. The highest BCUT2D eigenvalue weighted by molar-refractivity contribution is 5.87. The van der Waals surface area contributed by atoms with E-state index in [-0.39, 0.29) is 0 Å². The number of carbonyl (C=O) groups is 1. The molecule has 0 radical (unpaired) electrons. The molecule has 0 N–H and O–H groups in total. The lowest BCUT2D eigenvalue weighted by atomic mass is 10.1. The molecule has 0 amide bonds. The summed E-state index contributed by atoms with van der Waals surface area (Å²) >= 11 is 0. The predicted molar refractivity (Wildman–Crippen MR) is 73.3 cm³/mol. The second kappa shape index (κ2) is 5.17. The molecule has 0 fully saturated rings. The van der Waals surface area contributed by atoms with Crippen LogP contribution in [0.1, 0.15) is 34.8 Å². The van der Waals surface area contributed by atoms with Crippen LogP contribution in [0.3, 0.4) is 0 Å². The highest BCUT2D eigenvalue weighted by Gasteiger charge is 2.26. The minimum atomic E-state index is -0.418. The van der Waals surface area contributed by atoms with Gasteiger partial charge in [-0.25, -0.2) is 4.79 Å². The van der Waals surface area contributed by atoms with Gasteiger partial charge in [-0.3, -0.25) is 4.90 Å². The van der Waals surface area contributed by atoms with Gasteiger partial charge in [0.2, 0.25) is 5.76 Å². The summed E-state index contributed by atoms with van der Waals surface area (Å²) in [5.41, 5.74) is 2.18. The quantitative estimate of drug-likeness (QED) is 0.807. The fourth-order valence-corrected chi connectivity index (χ4v) is 2.79. The molecule has 106 valence electrons. The van der Waals surface area contributed by atoms with Crippen molar-refractivity contribution in [2.24, 2.45) is 0 Å². The van der Waals surface area contributed by atoms with Crippen molar-refractivity contribution >= 4 is 5.97 Å². The van der Waals surface area contributed by atoms with Gasteiger partial charge < -0.3 is 13.7 Å². The molecule has 0 aromatic carbocycles. The number of aromatic nitrogens is 1. The van der Waals surface area contributed by atoms with Crippen molar-refractivity contribution in [1.82, 2.24) is 9.47 Å². The molecule has 1 aliphatic heterocycles. The maximum Gasteiger partial charge on any atom is 0.374 e. The lowest BCUT2D eigenvalue weighted by Crippen LogP contribution is -2.36. The first kappa shape index (κ1) is 13.0. The first-order chi connectivity index (χ1) is 9.70. The van der Waals surface area contributed by atoms with Crippen LogP contribution in [0.15, 0.2) is 35.1 Å². The summed E-state index contributed by atoms with van der Waals surface area (Å²) in [4.78, 5) is 14.0. The third kappa shape index (κ3) is 2.14. The van der Waals surface area contributed by atoms with Gasteiger partial charge in [-0.2, -0.15) is 0 Å². The summed E-state index contributed by atoms with van der Waals surface area (Å²) in [5.74, 6) is -0.112. The first-order valence-corrected chi connectivity index (χ1v) is 6.74. The zero-order chi connectivity index (χ0) is 14.1. The third-order valence-corrected chi connectivity index (χ3v) is 3.96. The summed E-state index contributed by atoms with van der Waals surface area (Å²) in [5, 5.41) is 0. The van der Waals surface area contributed by atoms with Gasteiger partial charge in [-0.15, -0.1) is 0 Å². The van der Waals surface area contributed by atoms with Crippen molar-refractivity contribution in [3.8, 4) is 0 Å². The summed E-state index contributed by atoms with van der Waals surface area (Å²) in [6.07, 6.45) is 3.65. The fraction of sp³-hybridized carbons (Fsp3) is 0.400. The number of ether oxygens (including phenoxy) is 1. The van der Waals surface area contributed by atoms with Crippen LogP contribution in [0.4, 0.5) is 0 Å². The zero-order valence-electron chi connectivity index (χ0n) is 11.7. The van der Waals surface area contributed by atoms with Gasteiger partial charge in [-0.1, -0.05) is 0 Å². The lowest BCUT2D eigenvalue weighted by molar-refractivity contribution is 0.0560. The maximum atomic E-state index is 11.6. The Morgan fingerprint density at radius 3 is 3.10 bits per heavy atom. The number of fused-ring (bicyclic) bond motifs is 1. The van der Waals surface area contributed by atoms with E-state index in [9.17, 15) is 4.79 Å². The van der Waals surface area contributed by atoms with E-state index in [1.165, 1.54) is 12.8 Å². The molecule has 2 aromatic rings. The number of rotatable bonds is 3. The van der Waals surface area contributed by atoms with Gasteiger partial charge in [0.05, 0.1) is 13.4 Å². The van der Waals surface area contributed by atoms with Crippen molar-refractivity contribution in [3.63, 3.8) is 0 Å². The summed E-state index contributed by atoms with van der Waals surface area (Å²) in [6.45, 7) is 4.79. The Morgan fingerprint density at radius 2 is 2.30 bits per heavy atom. The molecular formula is C15H18N2O3. The second-order valence-electron chi connectivity index (χ2n) is 5.04. The van der Waals surface area contributed by atoms with Gasteiger partial charge in [0, 0.05) is 43.1 Å². The van der Waals surface area contributed by atoms with Crippen molar-refractivity contribution in [2.75, 3.05) is 13.7 Å². The van der Waals surface area contributed by atoms with Crippen molar-refractivity contribution in [3.05, 3.63) is 47.7 Å². The molecule has 0 spiro atoms. The molecule has 5 heteroatoms. The monoisotopic (exact) mass is 274 g/mol. The van der Waals surface area contributed by atoms with E-state index in [0.717, 1.165) is 18.7 Å². The van der Waals surface area contributed by atoms with Gasteiger partial charge in [0.25, 0.3) is 0 Å². The van der Waals surface area contributed by atoms with Crippen LogP contribution in [0, 0.1) is 0 Å². The Morgan fingerprint density at radius 1 is 1.45 bits per heavy atom. The number of nitrogens with zero attached hydrogens (tertiary/aromatic N) is 2. The Hall–Kier alpha value is -2.01. The van der Waals surface area contributed by atoms with Gasteiger partial charge in [0.15, 0.2) is 0 Å². The Bertz CT molecular complexity index is 614. The molecule has 2 aromatic heterocycles. The molecule has 0 bridgehead atoms. The van der Waals surface area contributed by atoms with E-state index in [1.54, 1.807) is 6.26 Å². The van der Waals surface area contributed by atoms with Gasteiger partial charge in [-0.05, 0) is 25.1 Å². The molecule has 3 rings (SSSR count). The van der Waals surface area contributed by atoms with Crippen molar-refractivity contribution in [1.29, 1.82) is 0 Å². The number of esters is 1. The zero-order valence-corrected chi connectivity index (χ0v) is 11.7. The summed E-state index contributed by atoms with van der Waals surface area (Å²) in [6, 6.07) is 6.38. The standard InChI is InChI=1S/C15H18N2O3/c1-11-13-4-3-6-16(13)7-8-17(11)10-12-5-9-20-14(12)15(18)19-2/h3-6,9,11H,7-8,10H2,1-2H3. The number of hydrogen-bond donors (Lipinski definition) is 0. The van der Waals surface area contributed by atoms with Crippen molar-refractivity contribution in [2.45, 2.75) is 26.1 Å². The van der Waals surface area contributed by atoms with Crippen LogP contribution in [-0.2, 0) is 17.8 Å². The Labute approximate surface area is 117 Å². The molecule has 3 heterocycles. The molecule has 1 atom stereocenters. The molecule has 20 heavy (non-hydrogen) atoms. The SMILES string of the molecule is COC(=O)c1occc1CN1CCn2cccc2C1C. The highest BCUT2D eigenvalue weighted by atomic mass is 16.5. The van der Waals surface area contributed by atoms with Gasteiger partial charge >= 0.3 is 5.97 Å². The molecule has 1 unspecified atom stereocenters. The van der Waals surface area contributed by atoms with Crippen LogP contribution in [0.25, 0.3) is 0 Å². The molecular weight excluding hydrogens is 256 g/mol. The minimum Gasteiger partial charge on any atom is -0.463 e. The topological polar surface area (TPSA) is 47.6 Å². The largest absolute Gasteiger partial charge is 0.463 e. The predicted octanol–water partition coefficient (Wildman–Crippen LogP) is 2.44. The average Bonchev–Trinajstić information content (AvgIpc) is 3.10. The second-order valence-corrected chi connectivity index (χ2v) is 5.04. The van der Waals surface area contributed by atoms with Crippen LogP contribution in [0.2, 0.25) is 0 Å². The van der Waals surface area contributed by atoms with E-state index in [0.29, 0.717) is 18.3 Å². The van der Waals surface area contributed by atoms with Crippen LogP contribution < -0.4 is 0 Å². The normalized spacial score (nSPS) is 18.8. The summed E-state index contributed by atoms with van der Waals surface area (Å²) < 4.78 is 12.3. The number of hydrogen-bond acceptors (Lipinski definition) is 4. The van der Waals surface area contributed by atoms with E-state index in [4.69, 9.17) is 9.15 Å².